The molecule has 0 bridgehead atoms. The maximum atomic E-state index is 11.7. The van der Waals surface area contributed by atoms with Crippen molar-refractivity contribution < 1.29 is 4.79 Å². The Morgan fingerprint density at radius 2 is 2.07 bits per heavy atom. The van der Waals surface area contributed by atoms with Crippen molar-refractivity contribution in [3.05, 3.63) is 16.6 Å². The Hall–Kier alpha value is -1.78. The van der Waals surface area contributed by atoms with Crippen molar-refractivity contribution >= 4 is 17.2 Å². The molecule has 70 valence electrons. The predicted octanol–water partition coefficient (Wildman–Crippen LogP) is 1.55. The van der Waals surface area contributed by atoms with Crippen LogP contribution in [0, 0.1) is 23.9 Å². The number of aromatic nitrogens is 1. The van der Waals surface area contributed by atoms with Crippen molar-refractivity contribution in [1.82, 2.24) is 9.88 Å². The van der Waals surface area contributed by atoms with Gasteiger partial charge in [0, 0.05) is 12.1 Å². The zero-order chi connectivity index (χ0) is 10.4. The van der Waals surface area contributed by atoms with Crippen LogP contribution in [0.15, 0.2) is 11.7 Å². The van der Waals surface area contributed by atoms with Gasteiger partial charge in [0.1, 0.15) is 4.88 Å². The van der Waals surface area contributed by atoms with E-state index in [0.29, 0.717) is 4.88 Å². The Bertz CT molecular complexity index is 408. The molecule has 0 aliphatic carbocycles. The van der Waals surface area contributed by atoms with E-state index in [0.717, 1.165) is 0 Å². The minimum atomic E-state index is -0.226. The van der Waals surface area contributed by atoms with E-state index in [1.54, 1.807) is 19.4 Å². The van der Waals surface area contributed by atoms with Crippen molar-refractivity contribution in [2.45, 2.75) is 13.8 Å². The van der Waals surface area contributed by atoms with E-state index < -0.39 is 0 Å². The average molecular weight is 204 g/mol. The lowest BCUT2D eigenvalue weighted by Gasteiger charge is -2.03. The van der Waals surface area contributed by atoms with E-state index in [-0.39, 0.29) is 5.91 Å². The Morgan fingerprint density at radius 3 is 2.50 bits per heavy atom. The van der Waals surface area contributed by atoms with Crippen molar-refractivity contribution in [3.63, 3.8) is 0 Å². The third-order valence-corrected chi connectivity index (χ3v) is 2.05. The van der Waals surface area contributed by atoms with Crippen LogP contribution in [-0.4, -0.2) is 15.8 Å². The maximum absolute atomic E-state index is 11.7. The van der Waals surface area contributed by atoms with Gasteiger partial charge in [-0.3, -0.25) is 9.78 Å². The molecule has 0 saturated heterocycles. The van der Waals surface area contributed by atoms with Gasteiger partial charge in [-0.05, 0) is 13.8 Å². The van der Waals surface area contributed by atoms with Crippen LogP contribution in [-0.2, 0) is 0 Å². The molecule has 0 spiro atoms. The van der Waals surface area contributed by atoms with E-state index in [2.05, 4.69) is 28.9 Å². The fourth-order valence-corrected chi connectivity index (χ4v) is 1.33. The lowest BCUT2D eigenvalue weighted by atomic mass is 10.4. The topological polar surface area (TPSA) is 33.2 Å². The molecular weight excluding hydrogens is 196 g/mol. The van der Waals surface area contributed by atoms with Gasteiger partial charge in [0.05, 0.1) is 11.7 Å². The summed E-state index contributed by atoms with van der Waals surface area (Å²) < 4.78 is 0. The fraction of sp³-hybridized carbons (Fsp3) is 0.200. The van der Waals surface area contributed by atoms with Gasteiger partial charge >= 0.3 is 0 Å². The first-order chi connectivity index (χ1) is 6.79. The molecule has 1 rings (SSSR count). The Balaban J connectivity index is 2.92. The molecule has 0 aliphatic heterocycles. The van der Waals surface area contributed by atoms with Crippen molar-refractivity contribution in [2.75, 3.05) is 0 Å². The number of carbonyl (C=O) groups is 1. The summed E-state index contributed by atoms with van der Waals surface area (Å²) in [6.07, 6.45) is 1.51. The first-order valence-corrected chi connectivity index (χ1v) is 4.75. The second-order valence-electron chi connectivity index (χ2n) is 2.23. The molecule has 0 atom stereocenters. The maximum Gasteiger partial charge on any atom is 0.289 e. The normalized spacial score (nSPS) is 7.86. The molecule has 1 aromatic heterocycles. The minimum absolute atomic E-state index is 0.226. The summed E-state index contributed by atoms with van der Waals surface area (Å²) in [4.78, 5) is 17.2. The number of carbonyl (C=O) groups excluding carboxylic acids is 1. The number of rotatable bonds is 1. The highest BCUT2D eigenvalue weighted by Crippen LogP contribution is 2.08. The van der Waals surface area contributed by atoms with Crippen LogP contribution >= 0.6 is 11.3 Å². The highest BCUT2D eigenvalue weighted by molar-refractivity contribution is 7.11. The molecule has 0 aliphatic rings. The van der Waals surface area contributed by atoms with Gasteiger partial charge in [-0.15, -0.1) is 11.3 Å². The highest BCUT2D eigenvalue weighted by Gasteiger charge is 2.13. The lowest BCUT2D eigenvalue weighted by molar-refractivity contribution is 0.0891. The number of hydrogen-bond donors (Lipinski definition) is 0. The van der Waals surface area contributed by atoms with Gasteiger partial charge in [-0.2, -0.15) is 4.90 Å². The van der Waals surface area contributed by atoms with Crippen molar-refractivity contribution in [3.8, 4) is 23.9 Å². The monoisotopic (exact) mass is 204 g/mol. The Morgan fingerprint density at radius 1 is 1.43 bits per heavy atom. The van der Waals surface area contributed by atoms with Crippen LogP contribution in [0.1, 0.15) is 23.5 Å². The van der Waals surface area contributed by atoms with Gasteiger partial charge < -0.3 is 0 Å². The summed E-state index contributed by atoms with van der Waals surface area (Å²) in [7, 11) is 0. The summed E-state index contributed by atoms with van der Waals surface area (Å²) >= 11 is 1.27. The molecule has 3 nitrogen and oxygen atoms in total. The summed E-state index contributed by atoms with van der Waals surface area (Å²) in [5.41, 5.74) is 1.60. The van der Waals surface area contributed by atoms with Crippen LogP contribution in [0.5, 0.6) is 0 Å². The minimum Gasteiger partial charge on any atom is -0.266 e. The lowest BCUT2D eigenvalue weighted by Crippen LogP contribution is -2.20. The van der Waals surface area contributed by atoms with Crippen LogP contribution < -0.4 is 0 Å². The molecule has 14 heavy (non-hydrogen) atoms. The summed E-state index contributed by atoms with van der Waals surface area (Å²) in [6, 6.07) is 5.22. The SMILES string of the molecule is CC#CN(C#CC)C(=O)c1cncs1. The zero-order valence-electron chi connectivity index (χ0n) is 7.87. The van der Waals surface area contributed by atoms with E-state index in [1.165, 1.54) is 22.4 Å². The van der Waals surface area contributed by atoms with Crippen LogP contribution in [0.4, 0.5) is 0 Å². The summed E-state index contributed by atoms with van der Waals surface area (Å²) in [5, 5.41) is 0. The fourth-order valence-electron chi connectivity index (χ4n) is 0.785. The van der Waals surface area contributed by atoms with Gasteiger partial charge in [0.2, 0.25) is 0 Å². The van der Waals surface area contributed by atoms with Gasteiger partial charge in [0.15, 0.2) is 0 Å². The highest BCUT2D eigenvalue weighted by atomic mass is 32.1. The molecule has 0 fully saturated rings. The first kappa shape index (κ1) is 10.3. The summed E-state index contributed by atoms with van der Waals surface area (Å²) in [6.45, 7) is 3.31. The molecule has 1 heterocycles. The molecule has 1 amide bonds. The van der Waals surface area contributed by atoms with Gasteiger partial charge in [0.25, 0.3) is 5.91 Å². The molecule has 0 aromatic carbocycles. The number of thiazole rings is 1. The average Bonchev–Trinajstić information content (AvgIpc) is 2.69. The van der Waals surface area contributed by atoms with Crippen molar-refractivity contribution in [1.29, 1.82) is 0 Å². The molecule has 0 saturated carbocycles. The molecular formula is C10H8N2OS. The largest absolute Gasteiger partial charge is 0.289 e. The van der Waals surface area contributed by atoms with Crippen LogP contribution in [0.2, 0.25) is 0 Å². The number of amides is 1. The third kappa shape index (κ3) is 2.35. The van der Waals surface area contributed by atoms with Crippen LogP contribution in [0.25, 0.3) is 0 Å². The van der Waals surface area contributed by atoms with Gasteiger partial charge in [-0.1, -0.05) is 11.8 Å². The van der Waals surface area contributed by atoms with Crippen LogP contribution in [0.3, 0.4) is 0 Å². The third-order valence-electron chi connectivity index (χ3n) is 1.29. The van der Waals surface area contributed by atoms with E-state index in [4.69, 9.17) is 0 Å². The standard InChI is InChI=1S/C10H8N2OS/c1-3-5-12(6-4-2)10(13)9-7-11-8-14-9/h7-8H,1-2H3. The predicted molar refractivity (Wildman–Crippen MR) is 55.2 cm³/mol. The molecule has 0 N–H and O–H groups in total. The van der Waals surface area contributed by atoms with Crippen molar-refractivity contribution in [2.24, 2.45) is 0 Å². The smallest absolute Gasteiger partial charge is 0.266 e. The Kier molecular flexibility index (Phi) is 3.72. The van der Waals surface area contributed by atoms with E-state index >= 15 is 0 Å². The zero-order valence-corrected chi connectivity index (χ0v) is 8.68. The van der Waals surface area contributed by atoms with Gasteiger partial charge in [-0.25, -0.2) is 0 Å². The molecule has 0 unspecified atom stereocenters. The first-order valence-electron chi connectivity index (χ1n) is 3.87. The van der Waals surface area contributed by atoms with E-state index in [9.17, 15) is 4.79 Å². The molecule has 1 aromatic rings. The molecule has 4 heteroatoms. The summed E-state index contributed by atoms with van der Waals surface area (Å²) in [5.74, 6) is 5.04. The number of nitrogens with zero attached hydrogens (tertiary/aromatic N) is 2. The second-order valence-corrected chi connectivity index (χ2v) is 3.12. The number of hydrogen-bond acceptors (Lipinski definition) is 3. The Labute approximate surface area is 86.8 Å². The molecule has 0 radical (unpaired) electrons. The van der Waals surface area contributed by atoms with E-state index in [1.807, 2.05) is 0 Å². The second kappa shape index (κ2) is 5.06. The quantitative estimate of drug-likeness (QED) is 0.513.